The van der Waals surface area contributed by atoms with E-state index < -0.39 is 0 Å². The molecule has 1 heterocycles. The molecule has 0 saturated carbocycles. The predicted octanol–water partition coefficient (Wildman–Crippen LogP) is -0.726. The molecule has 1 rings (SSSR count). The number of ether oxygens (including phenoxy) is 1. The van der Waals surface area contributed by atoms with Gasteiger partial charge in [-0.25, -0.2) is 0 Å². The van der Waals surface area contributed by atoms with Gasteiger partial charge in [0.05, 0.1) is 6.61 Å². The van der Waals surface area contributed by atoms with Crippen molar-refractivity contribution >= 4 is 5.91 Å². The molecule has 4 heteroatoms. The fourth-order valence-corrected chi connectivity index (χ4v) is 1.08. The minimum atomic E-state index is -0.276. The molecule has 0 aliphatic carbocycles. The predicted molar refractivity (Wildman–Crippen MR) is 39.1 cm³/mol. The molecule has 1 atom stereocenters. The molecule has 1 aliphatic rings. The summed E-state index contributed by atoms with van der Waals surface area (Å²) in [5.41, 5.74) is 0. The van der Waals surface area contributed by atoms with Crippen LogP contribution >= 0.6 is 0 Å². The van der Waals surface area contributed by atoms with Crippen molar-refractivity contribution in [2.75, 3.05) is 19.8 Å². The summed E-state index contributed by atoms with van der Waals surface area (Å²) in [6.07, 6.45) is 1.48. The average Bonchev–Trinajstić information content (AvgIpc) is 2.52. The van der Waals surface area contributed by atoms with Crippen molar-refractivity contribution in [3.8, 4) is 0 Å². The van der Waals surface area contributed by atoms with E-state index in [0.29, 0.717) is 13.2 Å². The Kier molecular flexibility index (Phi) is 3.32. The van der Waals surface area contributed by atoms with E-state index in [0.717, 1.165) is 12.8 Å². The Labute approximate surface area is 65.5 Å². The minimum Gasteiger partial charge on any atom is -0.395 e. The standard InChI is InChI=1S/C7H13NO3/c9-4-3-8-7(10)6-2-1-5-11-6/h6,9H,1-5H2,(H,8,10)/t6-/m1/s1. The Bertz CT molecular complexity index is 132. The normalized spacial score (nSPS) is 23.5. The van der Waals surface area contributed by atoms with Gasteiger partial charge in [0.2, 0.25) is 5.91 Å². The number of hydrogen-bond acceptors (Lipinski definition) is 3. The van der Waals surface area contributed by atoms with Gasteiger partial charge < -0.3 is 15.2 Å². The van der Waals surface area contributed by atoms with Gasteiger partial charge in [0, 0.05) is 13.2 Å². The minimum absolute atomic E-state index is 0.0154. The molecular weight excluding hydrogens is 146 g/mol. The third kappa shape index (κ3) is 2.48. The summed E-state index contributed by atoms with van der Waals surface area (Å²) in [4.78, 5) is 11.1. The average molecular weight is 159 g/mol. The maximum atomic E-state index is 11.1. The molecule has 2 N–H and O–H groups in total. The number of aliphatic hydroxyl groups excluding tert-OH is 1. The zero-order valence-electron chi connectivity index (χ0n) is 6.38. The summed E-state index contributed by atoms with van der Waals surface area (Å²) in [7, 11) is 0. The highest BCUT2D eigenvalue weighted by Gasteiger charge is 2.22. The molecule has 1 amide bonds. The summed E-state index contributed by atoms with van der Waals surface area (Å²) in [6.45, 7) is 0.981. The Morgan fingerprint density at radius 1 is 1.73 bits per heavy atom. The van der Waals surface area contributed by atoms with Gasteiger partial charge in [-0.05, 0) is 12.8 Å². The lowest BCUT2D eigenvalue weighted by Gasteiger charge is -2.08. The quantitative estimate of drug-likeness (QED) is 0.571. The first-order valence-electron chi connectivity index (χ1n) is 3.85. The van der Waals surface area contributed by atoms with Crippen LogP contribution in [0.4, 0.5) is 0 Å². The van der Waals surface area contributed by atoms with Crippen molar-refractivity contribution in [3.05, 3.63) is 0 Å². The fraction of sp³-hybridized carbons (Fsp3) is 0.857. The van der Waals surface area contributed by atoms with Crippen LogP contribution in [0.5, 0.6) is 0 Å². The lowest BCUT2D eigenvalue weighted by Crippen LogP contribution is -2.35. The largest absolute Gasteiger partial charge is 0.395 e. The van der Waals surface area contributed by atoms with E-state index in [1.54, 1.807) is 0 Å². The molecule has 0 radical (unpaired) electrons. The highest BCUT2D eigenvalue weighted by molar-refractivity contribution is 5.80. The van der Waals surface area contributed by atoms with Crippen LogP contribution in [0.2, 0.25) is 0 Å². The summed E-state index contributed by atoms with van der Waals surface area (Å²) in [5, 5.41) is 11.0. The van der Waals surface area contributed by atoms with E-state index >= 15 is 0 Å². The van der Waals surface area contributed by atoms with Crippen LogP contribution in [0.15, 0.2) is 0 Å². The third-order valence-corrected chi connectivity index (χ3v) is 1.63. The number of nitrogens with one attached hydrogen (secondary N) is 1. The molecule has 0 bridgehead atoms. The summed E-state index contributed by atoms with van der Waals surface area (Å²) in [6, 6.07) is 0. The molecule has 11 heavy (non-hydrogen) atoms. The number of carbonyl (C=O) groups excluding carboxylic acids is 1. The molecule has 0 unspecified atom stereocenters. The lowest BCUT2D eigenvalue weighted by molar-refractivity contribution is -0.130. The van der Waals surface area contributed by atoms with E-state index in [1.807, 2.05) is 0 Å². The Morgan fingerprint density at radius 2 is 2.55 bits per heavy atom. The second kappa shape index (κ2) is 4.31. The van der Waals surface area contributed by atoms with Crippen molar-refractivity contribution in [2.45, 2.75) is 18.9 Å². The lowest BCUT2D eigenvalue weighted by atomic mass is 10.2. The number of aliphatic hydroxyl groups is 1. The molecular formula is C7H13NO3. The van der Waals surface area contributed by atoms with Gasteiger partial charge in [-0.3, -0.25) is 4.79 Å². The van der Waals surface area contributed by atoms with Crippen molar-refractivity contribution in [3.63, 3.8) is 0 Å². The SMILES string of the molecule is O=C(NCCO)[C@H]1CCCO1. The number of rotatable bonds is 3. The maximum absolute atomic E-state index is 11.1. The van der Waals surface area contributed by atoms with Gasteiger partial charge in [-0.2, -0.15) is 0 Å². The topological polar surface area (TPSA) is 58.6 Å². The first-order valence-corrected chi connectivity index (χ1v) is 3.85. The van der Waals surface area contributed by atoms with E-state index in [9.17, 15) is 4.79 Å². The van der Waals surface area contributed by atoms with Crippen molar-refractivity contribution in [1.82, 2.24) is 5.32 Å². The van der Waals surface area contributed by atoms with Crippen LogP contribution in [0.1, 0.15) is 12.8 Å². The summed E-state index contributed by atoms with van der Waals surface area (Å²) >= 11 is 0. The van der Waals surface area contributed by atoms with Crippen molar-refractivity contribution in [1.29, 1.82) is 0 Å². The van der Waals surface area contributed by atoms with Crippen LogP contribution < -0.4 is 5.32 Å². The Hall–Kier alpha value is -0.610. The van der Waals surface area contributed by atoms with Gasteiger partial charge in [0.15, 0.2) is 0 Å². The van der Waals surface area contributed by atoms with Crippen molar-refractivity contribution < 1.29 is 14.6 Å². The molecule has 1 aliphatic heterocycles. The van der Waals surface area contributed by atoms with E-state index in [1.165, 1.54) is 0 Å². The van der Waals surface area contributed by atoms with Gasteiger partial charge in [0.25, 0.3) is 0 Å². The van der Waals surface area contributed by atoms with Gasteiger partial charge >= 0.3 is 0 Å². The van der Waals surface area contributed by atoms with Crippen LogP contribution in [0.3, 0.4) is 0 Å². The van der Waals surface area contributed by atoms with Gasteiger partial charge in [-0.1, -0.05) is 0 Å². The summed E-state index contributed by atoms with van der Waals surface area (Å²) < 4.78 is 5.12. The number of hydrogen-bond donors (Lipinski definition) is 2. The zero-order chi connectivity index (χ0) is 8.10. The molecule has 4 nitrogen and oxygen atoms in total. The fourth-order valence-electron chi connectivity index (χ4n) is 1.08. The first kappa shape index (κ1) is 8.49. The number of amides is 1. The third-order valence-electron chi connectivity index (χ3n) is 1.63. The first-order chi connectivity index (χ1) is 5.34. The van der Waals surface area contributed by atoms with Crippen LogP contribution in [-0.2, 0) is 9.53 Å². The Morgan fingerprint density at radius 3 is 3.09 bits per heavy atom. The van der Waals surface area contributed by atoms with Gasteiger partial charge in [-0.15, -0.1) is 0 Å². The number of carbonyl (C=O) groups is 1. The molecule has 0 aromatic rings. The molecule has 0 spiro atoms. The molecule has 1 fully saturated rings. The van der Waals surface area contributed by atoms with Crippen molar-refractivity contribution in [2.24, 2.45) is 0 Å². The molecule has 64 valence electrons. The smallest absolute Gasteiger partial charge is 0.249 e. The Balaban J connectivity index is 2.17. The van der Waals surface area contributed by atoms with Crippen LogP contribution in [-0.4, -0.2) is 36.9 Å². The second-order valence-corrected chi connectivity index (χ2v) is 2.52. The second-order valence-electron chi connectivity index (χ2n) is 2.52. The van der Waals surface area contributed by atoms with Crippen LogP contribution in [0.25, 0.3) is 0 Å². The van der Waals surface area contributed by atoms with E-state index in [2.05, 4.69) is 5.32 Å². The molecule has 0 aromatic heterocycles. The van der Waals surface area contributed by atoms with E-state index in [-0.39, 0.29) is 18.6 Å². The van der Waals surface area contributed by atoms with E-state index in [4.69, 9.17) is 9.84 Å². The zero-order valence-corrected chi connectivity index (χ0v) is 6.38. The maximum Gasteiger partial charge on any atom is 0.249 e. The molecule has 1 saturated heterocycles. The highest BCUT2D eigenvalue weighted by Crippen LogP contribution is 2.11. The molecule has 0 aromatic carbocycles. The van der Waals surface area contributed by atoms with Gasteiger partial charge in [0.1, 0.15) is 6.10 Å². The van der Waals surface area contributed by atoms with Crippen LogP contribution in [0, 0.1) is 0 Å². The summed E-state index contributed by atoms with van der Waals surface area (Å²) in [5.74, 6) is -0.100. The monoisotopic (exact) mass is 159 g/mol. The highest BCUT2D eigenvalue weighted by atomic mass is 16.5.